The van der Waals surface area contributed by atoms with Crippen molar-refractivity contribution >= 4 is 16.8 Å². The molecule has 0 spiro atoms. The van der Waals surface area contributed by atoms with Crippen LogP contribution in [0.5, 0.6) is 0 Å². The summed E-state index contributed by atoms with van der Waals surface area (Å²) in [6.45, 7) is 1.78. The lowest BCUT2D eigenvalue weighted by molar-refractivity contribution is -0.136. The molecule has 1 N–H and O–H groups in total. The summed E-state index contributed by atoms with van der Waals surface area (Å²) in [7, 11) is -1.29. The maximum Gasteiger partial charge on any atom is 0.319 e. The van der Waals surface area contributed by atoms with Gasteiger partial charge in [-0.1, -0.05) is 31.2 Å². The van der Waals surface area contributed by atoms with Gasteiger partial charge in [-0.2, -0.15) is 0 Å². The van der Waals surface area contributed by atoms with E-state index in [1.165, 1.54) is 11.1 Å². The van der Waals surface area contributed by atoms with Crippen LogP contribution >= 0.6 is 0 Å². The summed E-state index contributed by atoms with van der Waals surface area (Å²) in [6.07, 6.45) is 3.62. The Morgan fingerprint density at radius 1 is 1.47 bits per heavy atom. The minimum absolute atomic E-state index is 0.249. The lowest BCUT2D eigenvalue weighted by Gasteiger charge is -2.26. The van der Waals surface area contributed by atoms with Crippen molar-refractivity contribution in [2.45, 2.75) is 43.8 Å². The topological polar surface area (TPSA) is 54.4 Å². The molecular weight excluding hydrogens is 260 g/mol. The molecule has 1 aliphatic carbocycles. The van der Waals surface area contributed by atoms with Crippen LogP contribution in [0.2, 0.25) is 0 Å². The van der Waals surface area contributed by atoms with E-state index < -0.39 is 22.0 Å². The number of fused-ring (bicyclic) bond motifs is 1. The normalized spacial score (nSPS) is 21.4. The molecule has 0 saturated heterocycles. The minimum Gasteiger partial charge on any atom is -0.480 e. The SMILES string of the molecule is CCC(C(=O)O)S(=O)CC1CCCc2ccccc21. The van der Waals surface area contributed by atoms with Crippen LogP contribution in [0, 0.1) is 0 Å². The van der Waals surface area contributed by atoms with E-state index in [0.29, 0.717) is 12.2 Å². The Morgan fingerprint density at radius 2 is 2.21 bits per heavy atom. The molecule has 0 fully saturated rings. The van der Waals surface area contributed by atoms with Crippen LogP contribution in [-0.2, 0) is 22.0 Å². The van der Waals surface area contributed by atoms with Gasteiger partial charge in [-0.3, -0.25) is 9.00 Å². The van der Waals surface area contributed by atoms with Crippen LogP contribution in [0.15, 0.2) is 24.3 Å². The first-order valence-electron chi connectivity index (χ1n) is 6.81. The molecule has 3 nitrogen and oxygen atoms in total. The van der Waals surface area contributed by atoms with Crippen LogP contribution in [0.3, 0.4) is 0 Å². The molecule has 104 valence electrons. The van der Waals surface area contributed by atoms with Crippen molar-refractivity contribution in [1.29, 1.82) is 0 Å². The number of rotatable bonds is 5. The predicted molar refractivity (Wildman–Crippen MR) is 76.8 cm³/mol. The summed E-state index contributed by atoms with van der Waals surface area (Å²) in [5.74, 6) is -0.217. The average Bonchev–Trinajstić information content (AvgIpc) is 2.39. The van der Waals surface area contributed by atoms with Gasteiger partial charge in [0.15, 0.2) is 0 Å². The number of carbonyl (C=O) groups is 1. The Kier molecular flexibility index (Phi) is 4.75. The minimum atomic E-state index is -1.29. The molecule has 2 rings (SSSR count). The Labute approximate surface area is 116 Å². The van der Waals surface area contributed by atoms with Gasteiger partial charge in [0.25, 0.3) is 0 Å². The highest BCUT2D eigenvalue weighted by atomic mass is 32.2. The molecule has 4 heteroatoms. The van der Waals surface area contributed by atoms with Gasteiger partial charge in [-0.15, -0.1) is 0 Å². The molecule has 0 aliphatic heterocycles. The zero-order valence-electron chi connectivity index (χ0n) is 11.2. The van der Waals surface area contributed by atoms with Crippen LogP contribution in [0.4, 0.5) is 0 Å². The van der Waals surface area contributed by atoms with E-state index in [4.69, 9.17) is 5.11 Å². The van der Waals surface area contributed by atoms with Crippen LogP contribution in [0.25, 0.3) is 0 Å². The van der Waals surface area contributed by atoms with Crippen LogP contribution in [-0.4, -0.2) is 26.3 Å². The van der Waals surface area contributed by atoms with E-state index in [1.807, 2.05) is 12.1 Å². The Hall–Kier alpha value is -1.16. The predicted octanol–water partition coefficient (Wildman–Crippen LogP) is 2.72. The van der Waals surface area contributed by atoms with E-state index in [-0.39, 0.29) is 5.92 Å². The second kappa shape index (κ2) is 6.33. The molecule has 0 radical (unpaired) electrons. The van der Waals surface area contributed by atoms with Crippen molar-refractivity contribution in [1.82, 2.24) is 0 Å². The monoisotopic (exact) mass is 280 g/mol. The standard InChI is InChI=1S/C15H20O3S/c1-2-14(15(16)17)19(18)10-12-8-5-7-11-6-3-4-9-13(11)12/h3-4,6,9,12,14H,2,5,7-8,10H2,1H3,(H,16,17). The first-order valence-corrected chi connectivity index (χ1v) is 8.19. The second-order valence-corrected chi connectivity index (χ2v) is 6.73. The van der Waals surface area contributed by atoms with Crippen molar-refractivity contribution in [2.75, 3.05) is 5.75 Å². The van der Waals surface area contributed by atoms with Gasteiger partial charge >= 0.3 is 5.97 Å². The number of carboxylic acid groups (broad SMARTS) is 1. The number of carboxylic acids is 1. The zero-order valence-corrected chi connectivity index (χ0v) is 12.0. The number of aryl methyl sites for hydroxylation is 1. The molecule has 1 aromatic carbocycles. The quantitative estimate of drug-likeness (QED) is 0.902. The molecular formula is C15H20O3S. The molecule has 1 aromatic rings. The van der Waals surface area contributed by atoms with Gasteiger partial charge in [-0.05, 0) is 42.7 Å². The molecule has 3 unspecified atom stereocenters. The summed E-state index contributed by atoms with van der Waals surface area (Å²) < 4.78 is 12.2. The van der Waals surface area contributed by atoms with Crippen molar-refractivity contribution in [3.05, 3.63) is 35.4 Å². The van der Waals surface area contributed by atoms with Gasteiger partial charge in [0, 0.05) is 16.6 Å². The van der Waals surface area contributed by atoms with E-state index in [2.05, 4.69) is 12.1 Å². The van der Waals surface area contributed by atoms with Crippen molar-refractivity contribution in [3.63, 3.8) is 0 Å². The third-order valence-corrected chi connectivity index (χ3v) is 5.72. The maximum atomic E-state index is 12.2. The molecule has 0 bridgehead atoms. The van der Waals surface area contributed by atoms with Gasteiger partial charge in [0.2, 0.25) is 0 Å². The van der Waals surface area contributed by atoms with E-state index in [1.54, 1.807) is 6.92 Å². The van der Waals surface area contributed by atoms with E-state index in [9.17, 15) is 9.00 Å². The number of benzene rings is 1. The van der Waals surface area contributed by atoms with Crippen LogP contribution in [0.1, 0.15) is 43.2 Å². The van der Waals surface area contributed by atoms with Gasteiger partial charge in [-0.25, -0.2) is 0 Å². The first kappa shape index (κ1) is 14.3. The maximum absolute atomic E-state index is 12.2. The molecule has 0 heterocycles. The highest BCUT2D eigenvalue weighted by Gasteiger charge is 2.28. The van der Waals surface area contributed by atoms with Gasteiger partial charge in [0.1, 0.15) is 5.25 Å². The summed E-state index contributed by atoms with van der Waals surface area (Å²) in [6, 6.07) is 8.26. The summed E-state index contributed by atoms with van der Waals surface area (Å²) in [5.41, 5.74) is 2.60. The van der Waals surface area contributed by atoms with Crippen molar-refractivity contribution in [2.24, 2.45) is 0 Å². The zero-order chi connectivity index (χ0) is 13.8. The highest BCUT2D eigenvalue weighted by molar-refractivity contribution is 7.86. The Bertz CT molecular complexity index is 484. The molecule has 0 aromatic heterocycles. The Balaban J connectivity index is 2.12. The van der Waals surface area contributed by atoms with Gasteiger partial charge < -0.3 is 5.11 Å². The highest BCUT2D eigenvalue weighted by Crippen LogP contribution is 2.32. The fourth-order valence-electron chi connectivity index (χ4n) is 2.82. The molecule has 19 heavy (non-hydrogen) atoms. The largest absolute Gasteiger partial charge is 0.480 e. The van der Waals surface area contributed by atoms with Crippen molar-refractivity contribution in [3.8, 4) is 0 Å². The summed E-state index contributed by atoms with van der Waals surface area (Å²) in [5, 5.41) is 8.35. The fourth-order valence-corrected chi connectivity index (χ4v) is 4.39. The molecule has 1 aliphatic rings. The number of aliphatic carboxylic acids is 1. The molecule has 0 saturated carbocycles. The smallest absolute Gasteiger partial charge is 0.319 e. The summed E-state index contributed by atoms with van der Waals surface area (Å²) in [4.78, 5) is 11.1. The number of hydrogen-bond acceptors (Lipinski definition) is 2. The number of hydrogen-bond donors (Lipinski definition) is 1. The fraction of sp³-hybridized carbons (Fsp3) is 0.533. The van der Waals surface area contributed by atoms with E-state index >= 15 is 0 Å². The van der Waals surface area contributed by atoms with Gasteiger partial charge in [0.05, 0.1) is 0 Å². The third-order valence-electron chi connectivity index (χ3n) is 3.82. The van der Waals surface area contributed by atoms with Crippen LogP contribution < -0.4 is 0 Å². The third kappa shape index (κ3) is 3.24. The summed E-state index contributed by atoms with van der Waals surface area (Å²) >= 11 is 0. The lowest BCUT2D eigenvalue weighted by Crippen LogP contribution is -2.29. The average molecular weight is 280 g/mol. The molecule has 3 atom stereocenters. The first-order chi connectivity index (χ1) is 9.13. The van der Waals surface area contributed by atoms with E-state index in [0.717, 1.165) is 19.3 Å². The molecule has 0 amide bonds. The second-order valence-electron chi connectivity index (χ2n) is 5.07. The van der Waals surface area contributed by atoms with Crippen molar-refractivity contribution < 1.29 is 14.1 Å². The Morgan fingerprint density at radius 3 is 2.89 bits per heavy atom. The lowest BCUT2D eigenvalue weighted by atomic mass is 9.84.